The quantitative estimate of drug-likeness (QED) is 0.880. The lowest BCUT2D eigenvalue weighted by molar-refractivity contribution is 0.0725. The molecule has 0 amide bonds. The average molecular weight is 306 g/mol. The highest BCUT2D eigenvalue weighted by molar-refractivity contribution is 6.33. The largest absolute Gasteiger partial charge is 0.398 e. The van der Waals surface area contributed by atoms with Crippen molar-refractivity contribution < 1.29 is 4.74 Å². The third kappa shape index (κ3) is 2.28. The number of ether oxygens (including phenoxy) is 1. The van der Waals surface area contributed by atoms with Gasteiger partial charge in [0.25, 0.3) is 0 Å². The van der Waals surface area contributed by atoms with Crippen LogP contribution in [0.25, 0.3) is 11.4 Å². The van der Waals surface area contributed by atoms with Gasteiger partial charge in [0.05, 0.1) is 22.9 Å². The van der Waals surface area contributed by atoms with Gasteiger partial charge in [0, 0.05) is 12.2 Å². The number of nitrogens with zero attached hydrogens (tertiary/aromatic N) is 4. The molecule has 6 nitrogen and oxygen atoms in total. The molecule has 2 atom stereocenters. The summed E-state index contributed by atoms with van der Waals surface area (Å²) in [5.41, 5.74) is 7.29. The zero-order valence-corrected chi connectivity index (χ0v) is 12.2. The Labute approximate surface area is 127 Å². The van der Waals surface area contributed by atoms with Crippen molar-refractivity contribution in [2.75, 3.05) is 12.3 Å². The van der Waals surface area contributed by atoms with E-state index in [0.29, 0.717) is 16.6 Å². The van der Waals surface area contributed by atoms with E-state index < -0.39 is 0 Å². The number of anilines is 1. The van der Waals surface area contributed by atoms with Crippen molar-refractivity contribution in [2.45, 2.75) is 31.4 Å². The van der Waals surface area contributed by atoms with E-state index in [9.17, 15) is 0 Å². The Balaban J connectivity index is 1.71. The van der Waals surface area contributed by atoms with Gasteiger partial charge in [0.1, 0.15) is 0 Å². The van der Waals surface area contributed by atoms with Crippen LogP contribution in [-0.2, 0) is 4.74 Å². The standard InChI is InChI=1S/C14H16ClN5O/c15-10-4-3-9(7-11(10)16)14-17-18-19-20(14)12-5-6-21-13(12)8-1-2-8/h3-4,7-8,12-13H,1-2,5-6,16H2. The Hall–Kier alpha value is -1.66. The third-order valence-corrected chi connectivity index (χ3v) is 4.60. The molecule has 1 aromatic carbocycles. The second kappa shape index (κ2) is 4.96. The van der Waals surface area contributed by atoms with Gasteiger partial charge < -0.3 is 10.5 Å². The van der Waals surface area contributed by atoms with E-state index in [2.05, 4.69) is 15.5 Å². The molecule has 21 heavy (non-hydrogen) atoms. The molecule has 1 saturated heterocycles. The van der Waals surface area contributed by atoms with Crippen LogP contribution in [0.2, 0.25) is 5.02 Å². The smallest absolute Gasteiger partial charge is 0.182 e. The summed E-state index contributed by atoms with van der Waals surface area (Å²) in [4.78, 5) is 0. The predicted octanol–water partition coefficient (Wildman–Crippen LogP) is 2.32. The van der Waals surface area contributed by atoms with Crippen molar-refractivity contribution in [1.82, 2.24) is 20.2 Å². The van der Waals surface area contributed by atoms with Crippen LogP contribution >= 0.6 is 11.6 Å². The van der Waals surface area contributed by atoms with E-state index in [0.717, 1.165) is 24.4 Å². The fourth-order valence-corrected chi connectivity index (χ4v) is 3.14. The van der Waals surface area contributed by atoms with Gasteiger partial charge in [-0.1, -0.05) is 11.6 Å². The first-order valence-corrected chi connectivity index (χ1v) is 7.56. The number of nitrogen functional groups attached to an aromatic ring is 1. The normalized spacial score (nSPS) is 25.4. The Morgan fingerprint density at radius 3 is 2.90 bits per heavy atom. The highest BCUT2D eigenvalue weighted by Crippen LogP contribution is 2.43. The van der Waals surface area contributed by atoms with E-state index in [-0.39, 0.29) is 12.1 Å². The number of benzene rings is 1. The van der Waals surface area contributed by atoms with Gasteiger partial charge in [-0.25, -0.2) is 4.68 Å². The molecule has 2 aliphatic rings. The number of nitrogens with two attached hydrogens (primary N) is 1. The van der Waals surface area contributed by atoms with Crippen LogP contribution in [0, 0.1) is 5.92 Å². The first-order valence-electron chi connectivity index (χ1n) is 7.19. The molecule has 2 heterocycles. The molecular formula is C14H16ClN5O. The molecule has 1 saturated carbocycles. The van der Waals surface area contributed by atoms with E-state index in [4.69, 9.17) is 22.1 Å². The number of halogens is 1. The van der Waals surface area contributed by atoms with E-state index in [1.54, 1.807) is 6.07 Å². The Bertz CT molecular complexity index is 669. The second-order valence-electron chi connectivity index (χ2n) is 5.71. The van der Waals surface area contributed by atoms with Gasteiger partial charge in [0.2, 0.25) is 0 Å². The Morgan fingerprint density at radius 2 is 2.14 bits per heavy atom. The summed E-state index contributed by atoms with van der Waals surface area (Å²) in [7, 11) is 0. The molecule has 0 bridgehead atoms. The van der Waals surface area contributed by atoms with Gasteiger partial charge in [-0.15, -0.1) is 5.10 Å². The fraction of sp³-hybridized carbons (Fsp3) is 0.500. The third-order valence-electron chi connectivity index (χ3n) is 4.25. The van der Waals surface area contributed by atoms with E-state index in [1.165, 1.54) is 12.8 Å². The Kier molecular flexibility index (Phi) is 3.08. The first kappa shape index (κ1) is 13.0. The summed E-state index contributed by atoms with van der Waals surface area (Å²) in [6, 6.07) is 5.68. The van der Waals surface area contributed by atoms with E-state index >= 15 is 0 Å². The number of aromatic nitrogens is 4. The highest BCUT2D eigenvalue weighted by atomic mass is 35.5. The van der Waals surface area contributed by atoms with Crippen molar-refractivity contribution in [2.24, 2.45) is 5.92 Å². The molecule has 2 fully saturated rings. The highest BCUT2D eigenvalue weighted by Gasteiger charge is 2.42. The molecule has 1 aliphatic carbocycles. The van der Waals surface area contributed by atoms with Gasteiger partial charge >= 0.3 is 0 Å². The van der Waals surface area contributed by atoms with Crippen LogP contribution < -0.4 is 5.73 Å². The lowest BCUT2D eigenvalue weighted by Gasteiger charge is -2.19. The lowest BCUT2D eigenvalue weighted by Crippen LogP contribution is -2.23. The topological polar surface area (TPSA) is 78.9 Å². The molecule has 2 aromatic rings. The Morgan fingerprint density at radius 1 is 1.29 bits per heavy atom. The molecule has 1 aliphatic heterocycles. The van der Waals surface area contributed by atoms with Crippen molar-refractivity contribution in [3.8, 4) is 11.4 Å². The summed E-state index contributed by atoms with van der Waals surface area (Å²) in [6.07, 6.45) is 3.67. The zero-order chi connectivity index (χ0) is 14.4. The SMILES string of the molecule is Nc1cc(-c2nnnn2C2CCOC2C2CC2)ccc1Cl. The van der Waals surface area contributed by atoms with Crippen LogP contribution in [-0.4, -0.2) is 32.9 Å². The minimum absolute atomic E-state index is 0.208. The summed E-state index contributed by atoms with van der Waals surface area (Å²) < 4.78 is 7.77. The number of tetrazole rings is 1. The van der Waals surface area contributed by atoms with Crippen molar-refractivity contribution >= 4 is 17.3 Å². The molecule has 0 radical (unpaired) electrons. The number of hydrogen-bond donors (Lipinski definition) is 1. The molecule has 7 heteroatoms. The predicted molar refractivity (Wildman–Crippen MR) is 78.8 cm³/mol. The molecule has 2 N–H and O–H groups in total. The van der Waals surface area contributed by atoms with Gasteiger partial charge in [-0.3, -0.25) is 0 Å². The van der Waals surface area contributed by atoms with Crippen LogP contribution in [0.15, 0.2) is 18.2 Å². The van der Waals surface area contributed by atoms with Crippen molar-refractivity contribution in [3.63, 3.8) is 0 Å². The summed E-state index contributed by atoms with van der Waals surface area (Å²) in [6.45, 7) is 0.772. The monoisotopic (exact) mass is 305 g/mol. The maximum Gasteiger partial charge on any atom is 0.182 e. The molecule has 2 unspecified atom stereocenters. The number of rotatable bonds is 3. The summed E-state index contributed by atoms with van der Waals surface area (Å²) in [5.74, 6) is 1.38. The molecule has 0 spiro atoms. The minimum atomic E-state index is 0.208. The van der Waals surface area contributed by atoms with Gasteiger partial charge in [-0.2, -0.15) is 0 Å². The molecule has 1 aromatic heterocycles. The van der Waals surface area contributed by atoms with Crippen LogP contribution in [0.4, 0.5) is 5.69 Å². The lowest BCUT2D eigenvalue weighted by atomic mass is 10.1. The van der Waals surface area contributed by atoms with Crippen LogP contribution in [0.3, 0.4) is 0 Å². The van der Waals surface area contributed by atoms with Gasteiger partial charge in [-0.05, 0) is 53.8 Å². The molecular weight excluding hydrogens is 290 g/mol. The summed E-state index contributed by atoms with van der Waals surface area (Å²) in [5, 5.41) is 12.7. The molecule has 110 valence electrons. The van der Waals surface area contributed by atoms with Crippen LogP contribution in [0.5, 0.6) is 0 Å². The number of hydrogen-bond acceptors (Lipinski definition) is 5. The maximum absolute atomic E-state index is 5.98. The fourth-order valence-electron chi connectivity index (χ4n) is 3.03. The zero-order valence-electron chi connectivity index (χ0n) is 11.4. The first-order chi connectivity index (χ1) is 10.2. The second-order valence-corrected chi connectivity index (χ2v) is 6.12. The minimum Gasteiger partial charge on any atom is -0.398 e. The van der Waals surface area contributed by atoms with Gasteiger partial charge in [0.15, 0.2) is 5.82 Å². The maximum atomic E-state index is 5.98. The molecule has 4 rings (SSSR count). The van der Waals surface area contributed by atoms with Crippen molar-refractivity contribution in [1.29, 1.82) is 0 Å². The summed E-state index contributed by atoms with van der Waals surface area (Å²) >= 11 is 5.98. The van der Waals surface area contributed by atoms with E-state index in [1.807, 2.05) is 16.8 Å². The van der Waals surface area contributed by atoms with Crippen LogP contribution in [0.1, 0.15) is 25.3 Å². The average Bonchev–Trinajstić information content (AvgIpc) is 3.02. The van der Waals surface area contributed by atoms with Crippen molar-refractivity contribution in [3.05, 3.63) is 23.2 Å².